The van der Waals surface area contributed by atoms with Gasteiger partial charge in [0, 0.05) is 22.5 Å². The molecule has 2 nitrogen and oxygen atoms in total. The molecule has 2 rings (SSSR count). The second-order valence-corrected chi connectivity index (χ2v) is 4.84. The standard InChI is InChI=1S/C11H10BrNOS/c1-14-6-11-13-10(7-15-11)8-4-2-3-5-9(8)12/h2-5,7H,6H2,1H3. The van der Waals surface area contributed by atoms with Crippen molar-refractivity contribution in [2.75, 3.05) is 7.11 Å². The Morgan fingerprint density at radius 3 is 2.93 bits per heavy atom. The van der Waals surface area contributed by atoms with Crippen LogP contribution in [0.1, 0.15) is 5.01 Å². The molecule has 0 bridgehead atoms. The van der Waals surface area contributed by atoms with E-state index in [2.05, 4.69) is 32.4 Å². The van der Waals surface area contributed by atoms with Crippen molar-refractivity contribution < 1.29 is 4.74 Å². The van der Waals surface area contributed by atoms with Gasteiger partial charge in [-0.25, -0.2) is 4.98 Å². The van der Waals surface area contributed by atoms with E-state index in [-0.39, 0.29) is 0 Å². The third-order valence-electron chi connectivity index (χ3n) is 1.97. The maximum Gasteiger partial charge on any atom is 0.119 e. The first-order chi connectivity index (χ1) is 7.31. The summed E-state index contributed by atoms with van der Waals surface area (Å²) >= 11 is 5.14. The fourth-order valence-electron chi connectivity index (χ4n) is 1.29. The highest BCUT2D eigenvalue weighted by Gasteiger charge is 2.06. The number of hydrogen-bond donors (Lipinski definition) is 0. The molecule has 0 atom stereocenters. The number of aromatic nitrogens is 1. The van der Waals surface area contributed by atoms with Gasteiger partial charge in [-0.2, -0.15) is 0 Å². The Morgan fingerprint density at radius 2 is 2.20 bits per heavy atom. The van der Waals surface area contributed by atoms with Crippen LogP contribution in [0.3, 0.4) is 0 Å². The lowest BCUT2D eigenvalue weighted by Gasteiger charge is -1.99. The Kier molecular flexibility index (Phi) is 3.51. The van der Waals surface area contributed by atoms with E-state index < -0.39 is 0 Å². The molecule has 0 aliphatic heterocycles. The van der Waals surface area contributed by atoms with Crippen molar-refractivity contribution in [3.8, 4) is 11.3 Å². The summed E-state index contributed by atoms with van der Waals surface area (Å²) in [6.45, 7) is 0.578. The van der Waals surface area contributed by atoms with Gasteiger partial charge in [0.1, 0.15) is 5.01 Å². The predicted octanol–water partition coefficient (Wildman–Crippen LogP) is 3.72. The second-order valence-electron chi connectivity index (χ2n) is 3.04. The highest BCUT2D eigenvalue weighted by atomic mass is 79.9. The quantitative estimate of drug-likeness (QED) is 0.857. The van der Waals surface area contributed by atoms with Gasteiger partial charge in [-0.3, -0.25) is 0 Å². The van der Waals surface area contributed by atoms with Crippen LogP contribution < -0.4 is 0 Å². The van der Waals surface area contributed by atoms with E-state index in [1.807, 2.05) is 18.2 Å². The van der Waals surface area contributed by atoms with Crippen LogP contribution in [0.25, 0.3) is 11.3 Å². The van der Waals surface area contributed by atoms with Crippen molar-refractivity contribution in [2.24, 2.45) is 0 Å². The lowest BCUT2D eigenvalue weighted by molar-refractivity contribution is 0.184. The SMILES string of the molecule is COCc1nc(-c2ccccc2Br)cs1. The van der Waals surface area contributed by atoms with E-state index in [0.717, 1.165) is 20.7 Å². The van der Waals surface area contributed by atoms with Gasteiger partial charge in [0.05, 0.1) is 12.3 Å². The molecule has 0 radical (unpaired) electrons. The van der Waals surface area contributed by atoms with Gasteiger partial charge in [0.25, 0.3) is 0 Å². The van der Waals surface area contributed by atoms with Crippen LogP contribution in [0.15, 0.2) is 34.1 Å². The largest absolute Gasteiger partial charge is 0.378 e. The van der Waals surface area contributed by atoms with Crippen molar-refractivity contribution in [1.82, 2.24) is 4.98 Å². The summed E-state index contributed by atoms with van der Waals surface area (Å²) < 4.78 is 6.11. The fraction of sp³-hybridized carbons (Fsp3) is 0.182. The molecule has 0 saturated carbocycles. The van der Waals surface area contributed by atoms with Gasteiger partial charge in [-0.15, -0.1) is 11.3 Å². The zero-order chi connectivity index (χ0) is 10.7. The molecule has 0 amide bonds. The van der Waals surface area contributed by atoms with Gasteiger partial charge in [-0.05, 0) is 6.07 Å². The molecule has 1 aromatic carbocycles. The van der Waals surface area contributed by atoms with Crippen LogP contribution in [0.5, 0.6) is 0 Å². The van der Waals surface area contributed by atoms with Crippen LogP contribution in [0.2, 0.25) is 0 Å². The summed E-state index contributed by atoms with van der Waals surface area (Å²) in [5.41, 5.74) is 2.12. The first kappa shape index (κ1) is 10.8. The Hall–Kier alpha value is -0.710. The molecule has 2 aromatic rings. The number of thiazole rings is 1. The van der Waals surface area contributed by atoms with Gasteiger partial charge in [0.15, 0.2) is 0 Å². The molecule has 0 spiro atoms. The van der Waals surface area contributed by atoms with Crippen molar-refractivity contribution in [2.45, 2.75) is 6.61 Å². The Bertz CT molecular complexity index is 455. The average molecular weight is 284 g/mol. The summed E-state index contributed by atoms with van der Waals surface area (Å²) in [6.07, 6.45) is 0. The minimum absolute atomic E-state index is 0.578. The van der Waals surface area contributed by atoms with E-state index in [4.69, 9.17) is 4.74 Å². The van der Waals surface area contributed by atoms with Crippen LogP contribution >= 0.6 is 27.3 Å². The first-order valence-electron chi connectivity index (χ1n) is 4.49. The van der Waals surface area contributed by atoms with Gasteiger partial charge in [0.2, 0.25) is 0 Å². The molecule has 78 valence electrons. The number of hydrogen-bond acceptors (Lipinski definition) is 3. The number of halogens is 1. The zero-order valence-corrected chi connectivity index (χ0v) is 10.6. The van der Waals surface area contributed by atoms with E-state index in [1.165, 1.54) is 0 Å². The second kappa shape index (κ2) is 4.88. The fourth-order valence-corrected chi connectivity index (χ4v) is 2.55. The molecule has 0 N–H and O–H groups in total. The van der Waals surface area contributed by atoms with Crippen LogP contribution in [0.4, 0.5) is 0 Å². The third kappa shape index (κ3) is 2.45. The molecular weight excluding hydrogens is 274 g/mol. The summed E-state index contributed by atoms with van der Waals surface area (Å²) in [7, 11) is 1.68. The number of ether oxygens (including phenoxy) is 1. The molecule has 0 unspecified atom stereocenters. The highest BCUT2D eigenvalue weighted by molar-refractivity contribution is 9.10. The minimum atomic E-state index is 0.578. The molecule has 0 fully saturated rings. The molecule has 4 heteroatoms. The van der Waals surface area contributed by atoms with Crippen molar-refractivity contribution in [3.05, 3.63) is 39.1 Å². The van der Waals surface area contributed by atoms with E-state index in [0.29, 0.717) is 6.61 Å². The number of rotatable bonds is 3. The molecule has 1 aromatic heterocycles. The predicted molar refractivity (Wildman–Crippen MR) is 66.0 cm³/mol. The molecular formula is C11H10BrNOS. The Balaban J connectivity index is 2.33. The smallest absolute Gasteiger partial charge is 0.119 e. The maximum atomic E-state index is 5.04. The highest BCUT2D eigenvalue weighted by Crippen LogP contribution is 2.28. The van der Waals surface area contributed by atoms with Crippen molar-refractivity contribution in [3.63, 3.8) is 0 Å². The molecule has 15 heavy (non-hydrogen) atoms. The maximum absolute atomic E-state index is 5.04. The first-order valence-corrected chi connectivity index (χ1v) is 6.17. The Morgan fingerprint density at radius 1 is 1.40 bits per heavy atom. The van der Waals surface area contributed by atoms with Gasteiger partial charge >= 0.3 is 0 Å². The number of nitrogens with zero attached hydrogens (tertiary/aromatic N) is 1. The lowest BCUT2D eigenvalue weighted by atomic mass is 10.2. The lowest BCUT2D eigenvalue weighted by Crippen LogP contribution is -1.86. The van der Waals surface area contributed by atoms with Gasteiger partial charge < -0.3 is 4.74 Å². The third-order valence-corrected chi connectivity index (χ3v) is 3.48. The van der Waals surface area contributed by atoms with E-state index >= 15 is 0 Å². The summed E-state index contributed by atoms with van der Waals surface area (Å²) in [4.78, 5) is 4.49. The normalized spacial score (nSPS) is 10.5. The zero-order valence-electron chi connectivity index (χ0n) is 8.24. The minimum Gasteiger partial charge on any atom is -0.378 e. The molecule has 0 aliphatic carbocycles. The Labute approximate surface area is 101 Å². The van der Waals surface area contributed by atoms with Gasteiger partial charge in [-0.1, -0.05) is 34.1 Å². The van der Waals surface area contributed by atoms with Crippen LogP contribution in [-0.2, 0) is 11.3 Å². The molecule has 0 saturated heterocycles. The summed E-state index contributed by atoms with van der Waals surface area (Å²) in [5.74, 6) is 0. The summed E-state index contributed by atoms with van der Waals surface area (Å²) in [5, 5.41) is 3.05. The average Bonchev–Trinajstić information content (AvgIpc) is 2.68. The molecule has 1 heterocycles. The monoisotopic (exact) mass is 283 g/mol. The van der Waals surface area contributed by atoms with Crippen molar-refractivity contribution in [1.29, 1.82) is 0 Å². The molecule has 0 aliphatic rings. The topological polar surface area (TPSA) is 22.1 Å². The van der Waals surface area contributed by atoms with E-state index in [9.17, 15) is 0 Å². The van der Waals surface area contributed by atoms with Crippen LogP contribution in [0, 0.1) is 0 Å². The summed E-state index contributed by atoms with van der Waals surface area (Å²) in [6, 6.07) is 8.08. The number of methoxy groups -OCH3 is 1. The van der Waals surface area contributed by atoms with Crippen LogP contribution in [-0.4, -0.2) is 12.1 Å². The van der Waals surface area contributed by atoms with Crippen molar-refractivity contribution >= 4 is 27.3 Å². The van der Waals surface area contributed by atoms with E-state index in [1.54, 1.807) is 18.4 Å². The number of benzene rings is 1.